The normalized spacial score (nSPS) is 11.1. The van der Waals surface area contributed by atoms with Gasteiger partial charge in [-0.25, -0.2) is 4.79 Å². The van der Waals surface area contributed by atoms with Crippen LogP contribution in [0.5, 0.6) is 0 Å². The Kier molecular flexibility index (Phi) is 5.51. The highest BCUT2D eigenvalue weighted by Gasteiger charge is 2.22. The fourth-order valence-electron chi connectivity index (χ4n) is 1.71. The number of anilines is 1. The van der Waals surface area contributed by atoms with E-state index in [1.165, 1.54) is 23.1 Å². The largest absolute Gasteiger partial charge is 0.389 e. The Balaban J connectivity index is 2.84. The molecule has 8 heteroatoms. The highest BCUT2D eigenvalue weighted by atomic mass is 35.5. The van der Waals surface area contributed by atoms with Crippen LogP contribution in [0.3, 0.4) is 0 Å². The summed E-state index contributed by atoms with van der Waals surface area (Å²) in [5.41, 5.74) is -0.893. The molecule has 2 N–H and O–H groups in total. The number of carbonyl (C=O) groups is 1. The minimum absolute atomic E-state index is 0.0804. The van der Waals surface area contributed by atoms with E-state index in [1.54, 1.807) is 20.8 Å². The molecule has 2 amide bonds. The van der Waals surface area contributed by atoms with Crippen molar-refractivity contribution in [1.29, 1.82) is 0 Å². The summed E-state index contributed by atoms with van der Waals surface area (Å²) in [6, 6.07) is 3.36. The number of hydrogen-bond donors (Lipinski definition) is 2. The number of nitro groups is 1. The van der Waals surface area contributed by atoms with Crippen LogP contribution in [-0.4, -0.2) is 39.7 Å². The maximum absolute atomic E-state index is 12.1. The number of aliphatic hydroxyl groups is 1. The van der Waals surface area contributed by atoms with Gasteiger partial charge in [0.05, 0.1) is 27.8 Å². The average molecular weight is 316 g/mol. The molecule has 0 heterocycles. The van der Waals surface area contributed by atoms with E-state index in [9.17, 15) is 20.0 Å². The van der Waals surface area contributed by atoms with Gasteiger partial charge in [-0.1, -0.05) is 11.6 Å². The maximum Gasteiger partial charge on any atom is 0.321 e. The van der Waals surface area contributed by atoms with Crippen LogP contribution in [0.2, 0.25) is 5.02 Å². The van der Waals surface area contributed by atoms with Gasteiger partial charge in [-0.05, 0) is 26.8 Å². The lowest BCUT2D eigenvalue weighted by Crippen LogP contribution is -2.44. The van der Waals surface area contributed by atoms with E-state index in [2.05, 4.69) is 5.32 Å². The molecular formula is C13H18ClN3O4. The third-order valence-corrected chi connectivity index (χ3v) is 2.96. The van der Waals surface area contributed by atoms with Gasteiger partial charge >= 0.3 is 6.03 Å². The number of carbonyl (C=O) groups excluding carboxylic acids is 1. The molecule has 0 bridgehead atoms. The first-order valence-corrected chi connectivity index (χ1v) is 6.74. The first-order chi connectivity index (χ1) is 9.64. The molecule has 0 spiro atoms. The van der Waals surface area contributed by atoms with Crippen molar-refractivity contribution in [2.45, 2.75) is 26.4 Å². The quantitative estimate of drug-likeness (QED) is 0.645. The molecule has 0 radical (unpaired) electrons. The van der Waals surface area contributed by atoms with Crippen LogP contribution < -0.4 is 5.32 Å². The highest BCUT2D eigenvalue weighted by Crippen LogP contribution is 2.26. The number of urea groups is 1. The molecule has 0 fully saturated rings. The number of non-ortho nitro benzene ring substituents is 1. The lowest BCUT2D eigenvalue weighted by Gasteiger charge is -2.28. The van der Waals surface area contributed by atoms with Crippen molar-refractivity contribution in [2.75, 3.05) is 18.4 Å². The van der Waals surface area contributed by atoms with Crippen molar-refractivity contribution in [3.05, 3.63) is 33.3 Å². The molecule has 0 aromatic heterocycles. The van der Waals surface area contributed by atoms with Crippen molar-refractivity contribution in [2.24, 2.45) is 0 Å². The summed E-state index contributed by atoms with van der Waals surface area (Å²) in [6.45, 7) is 5.53. The van der Waals surface area contributed by atoms with Crippen LogP contribution in [-0.2, 0) is 0 Å². The molecule has 1 aromatic rings. The Morgan fingerprint density at radius 3 is 2.57 bits per heavy atom. The number of nitro benzene ring substituents is 1. The monoisotopic (exact) mass is 315 g/mol. The molecule has 0 unspecified atom stereocenters. The zero-order chi connectivity index (χ0) is 16.2. The molecule has 116 valence electrons. The van der Waals surface area contributed by atoms with Crippen LogP contribution in [0.25, 0.3) is 0 Å². The van der Waals surface area contributed by atoms with Crippen LogP contribution in [0.1, 0.15) is 20.8 Å². The Labute approximate surface area is 127 Å². The van der Waals surface area contributed by atoms with Gasteiger partial charge in [0.25, 0.3) is 5.69 Å². The minimum atomic E-state index is -1.02. The summed E-state index contributed by atoms with van der Waals surface area (Å²) in [4.78, 5) is 23.6. The highest BCUT2D eigenvalue weighted by molar-refractivity contribution is 6.33. The van der Waals surface area contributed by atoms with Gasteiger partial charge in [-0.2, -0.15) is 0 Å². The van der Waals surface area contributed by atoms with Crippen molar-refractivity contribution in [3.63, 3.8) is 0 Å². The Morgan fingerprint density at radius 2 is 2.14 bits per heavy atom. The van der Waals surface area contributed by atoms with E-state index in [-0.39, 0.29) is 22.9 Å². The smallest absolute Gasteiger partial charge is 0.321 e. The van der Waals surface area contributed by atoms with Crippen molar-refractivity contribution >= 4 is 29.0 Å². The minimum Gasteiger partial charge on any atom is -0.389 e. The molecule has 21 heavy (non-hydrogen) atoms. The first-order valence-electron chi connectivity index (χ1n) is 6.36. The SMILES string of the molecule is CCN(CC(C)(C)O)C(=O)Nc1ccc([N+](=O)[O-])cc1Cl. The van der Waals surface area contributed by atoms with Gasteiger partial charge in [0.1, 0.15) is 0 Å². The Bertz CT molecular complexity index is 543. The fourth-order valence-corrected chi connectivity index (χ4v) is 1.93. The molecule has 0 aliphatic carbocycles. The van der Waals surface area contributed by atoms with Crippen LogP contribution in [0.4, 0.5) is 16.2 Å². The number of hydrogen-bond acceptors (Lipinski definition) is 4. The number of rotatable bonds is 5. The predicted molar refractivity (Wildman–Crippen MR) is 80.7 cm³/mol. The molecule has 1 aromatic carbocycles. The zero-order valence-corrected chi connectivity index (χ0v) is 12.8. The molecule has 0 aliphatic heterocycles. The number of nitrogens with zero attached hydrogens (tertiary/aromatic N) is 2. The fraction of sp³-hybridized carbons (Fsp3) is 0.462. The van der Waals surface area contributed by atoms with Crippen LogP contribution >= 0.6 is 11.6 Å². The van der Waals surface area contributed by atoms with Gasteiger partial charge in [0, 0.05) is 18.7 Å². The third-order valence-electron chi connectivity index (χ3n) is 2.65. The summed E-state index contributed by atoms with van der Waals surface area (Å²) >= 11 is 5.91. The summed E-state index contributed by atoms with van der Waals surface area (Å²) in [5.74, 6) is 0. The van der Waals surface area contributed by atoms with E-state index in [4.69, 9.17) is 11.6 Å². The standard InChI is InChI=1S/C13H18ClN3O4/c1-4-16(8-13(2,3)19)12(18)15-11-6-5-9(17(20)21)7-10(11)14/h5-7,19H,4,8H2,1-3H3,(H,15,18). The summed E-state index contributed by atoms with van der Waals surface area (Å²) in [7, 11) is 0. The van der Waals surface area contributed by atoms with Crippen molar-refractivity contribution in [3.8, 4) is 0 Å². The topological polar surface area (TPSA) is 95.7 Å². The van der Waals surface area contributed by atoms with Gasteiger partial charge in [-0.3, -0.25) is 10.1 Å². The summed E-state index contributed by atoms with van der Waals surface area (Å²) < 4.78 is 0. The second-order valence-electron chi connectivity index (χ2n) is 5.18. The molecule has 0 saturated carbocycles. The van der Waals surface area contributed by atoms with Crippen LogP contribution in [0.15, 0.2) is 18.2 Å². The Morgan fingerprint density at radius 1 is 1.52 bits per heavy atom. The number of amides is 2. The number of likely N-dealkylation sites (N-methyl/N-ethyl adjacent to an activating group) is 1. The average Bonchev–Trinajstić information content (AvgIpc) is 2.36. The summed E-state index contributed by atoms with van der Waals surface area (Å²) in [6.07, 6.45) is 0. The molecule has 0 atom stereocenters. The van der Waals surface area contributed by atoms with Gasteiger partial charge < -0.3 is 15.3 Å². The van der Waals surface area contributed by atoms with E-state index in [0.29, 0.717) is 6.54 Å². The van der Waals surface area contributed by atoms with Crippen molar-refractivity contribution < 1.29 is 14.8 Å². The predicted octanol–water partition coefficient (Wildman–Crippen LogP) is 2.87. The molecule has 1 rings (SSSR count). The second-order valence-corrected chi connectivity index (χ2v) is 5.59. The zero-order valence-electron chi connectivity index (χ0n) is 12.1. The van der Waals surface area contributed by atoms with E-state index < -0.39 is 16.6 Å². The lowest BCUT2D eigenvalue weighted by molar-refractivity contribution is -0.384. The Hall–Kier alpha value is -1.86. The first kappa shape index (κ1) is 17.2. The van der Waals surface area contributed by atoms with Gasteiger partial charge in [0.2, 0.25) is 0 Å². The van der Waals surface area contributed by atoms with E-state index in [1.807, 2.05) is 0 Å². The molecule has 7 nitrogen and oxygen atoms in total. The molecular weight excluding hydrogens is 298 g/mol. The molecule has 0 saturated heterocycles. The number of benzene rings is 1. The maximum atomic E-state index is 12.1. The van der Waals surface area contributed by atoms with E-state index >= 15 is 0 Å². The molecule has 0 aliphatic rings. The van der Waals surface area contributed by atoms with Crippen LogP contribution in [0, 0.1) is 10.1 Å². The van der Waals surface area contributed by atoms with E-state index in [0.717, 1.165) is 0 Å². The number of nitrogens with one attached hydrogen (secondary N) is 1. The number of halogens is 1. The summed E-state index contributed by atoms with van der Waals surface area (Å²) in [5, 5.41) is 23.0. The second kappa shape index (κ2) is 6.73. The lowest BCUT2D eigenvalue weighted by atomic mass is 10.1. The third kappa shape index (κ3) is 5.20. The van der Waals surface area contributed by atoms with Gasteiger partial charge in [0.15, 0.2) is 0 Å². The van der Waals surface area contributed by atoms with Crippen molar-refractivity contribution in [1.82, 2.24) is 4.90 Å². The van der Waals surface area contributed by atoms with Gasteiger partial charge in [-0.15, -0.1) is 0 Å².